The molecule has 0 amide bonds. The van der Waals surface area contributed by atoms with Crippen molar-refractivity contribution in [1.82, 2.24) is 0 Å². The number of hydrogen-bond acceptors (Lipinski definition) is 5. The van der Waals surface area contributed by atoms with Gasteiger partial charge in [0.15, 0.2) is 19.0 Å². The molecule has 0 aliphatic heterocycles. The summed E-state index contributed by atoms with van der Waals surface area (Å²) in [5.41, 5.74) is 4.02. The Morgan fingerprint density at radius 2 is 1.58 bits per heavy atom. The molecule has 0 saturated carbocycles. The molecule has 0 heterocycles. The van der Waals surface area contributed by atoms with Crippen molar-refractivity contribution in [3.05, 3.63) is 64.2 Å². The second-order valence-electron chi connectivity index (χ2n) is 6.21. The predicted molar refractivity (Wildman–Crippen MR) is 97.9 cm³/mol. The molecule has 0 atom stereocenters. The second-order valence-corrected chi connectivity index (χ2v) is 6.21. The Bertz CT molecular complexity index is 851. The number of aryl methyl sites for hydroxylation is 3. The van der Waals surface area contributed by atoms with Gasteiger partial charge in [0.2, 0.25) is 5.78 Å². The highest BCUT2D eigenvalue weighted by molar-refractivity contribution is 5.99. The lowest BCUT2D eigenvalue weighted by Gasteiger charge is -2.10. The van der Waals surface area contributed by atoms with Gasteiger partial charge in [-0.3, -0.25) is 9.59 Å². The van der Waals surface area contributed by atoms with E-state index in [4.69, 9.17) is 9.47 Å². The number of carbonyl (C=O) groups is 3. The van der Waals surface area contributed by atoms with Crippen LogP contribution in [0, 0.1) is 20.8 Å². The Labute approximate surface area is 152 Å². The first-order valence-corrected chi connectivity index (χ1v) is 8.28. The van der Waals surface area contributed by atoms with E-state index in [0.717, 1.165) is 16.7 Å². The van der Waals surface area contributed by atoms with Gasteiger partial charge in [0.05, 0.1) is 0 Å². The number of hydrogen-bond donors (Lipinski definition) is 0. The lowest BCUT2D eigenvalue weighted by molar-refractivity contribution is -0.144. The van der Waals surface area contributed by atoms with E-state index >= 15 is 0 Å². The van der Waals surface area contributed by atoms with Gasteiger partial charge in [0.1, 0.15) is 5.75 Å². The average Bonchev–Trinajstić information content (AvgIpc) is 2.61. The molecule has 0 fully saturated rings. The van der Waals surface area contributed by atoms with Crippen molar-refractivity contribution in [3.8, 4) is 5.75 Å². The minimum Gasteiger partial charge on any atom is -0.482 e. The summed E-state index contributed by atoms with van der Waals surface area (Å²) in [6.45, 7) is 6.55. The molecule has 5 nitrogen and oxygen atoms in total. The van der Waals surface area contributed by atoms with Gasteiger partial charge in [-0.05, 0) is 62.6 Å². The third-order valence-corrected chi connectivity index (χ3v) is 4.10. The number of rotatable bonds is 7. The lowest BCUT2D eigenvalue weighted by atomic mass is 9.98. The van der Waals surface area contributed by atoms with Crippen LogP contribution in [0.4, 0.5) is 0 Å². The highest BCUT2D eigenvalue weighted by Gasteiger charge is 2.14. The molecule has 0 aliphatic rings. The molecule has 0 radical (unpaired) electrons. The van der Waals surface area contributed by atoms with Crippen LogP contribution < -0.4 is 4.74 Å². The van der Waals surface area contributed by atoms with Gasteiger partial charge in [-0.15, -0.1) is 0 Å². The zero-order valence-corrected chi connectivity index (χ0v) is 15.4. The Kier molecular flexibility index (Phi) is 6.28. The van der Waals surface area contributed by atoms with E-state index in [2.05, 4.69) is 0 Å². The normalized spacial score (nSPS) is 10.3. The van der Waals surface area contributed by atoms with Crippen LogP contribution in [-0.2, 0) is 9.53 Å². The van der Waals surface area contributed by atoms with Crippen LogP contribution in [-0.4, -0.2) is 30.7 Å². The maximum Gasteiger partial charge on any atom is 0.344 e. The molecule has 2 aromatic carbocycles. The summed E-state index contributed by atoms with van der Waals surface area (Å²) >= 11 is 0. The van der Waals surface area contributed by atoms with Crippen LogP contribution in [0.1, 0.15) is 44.3 Å². The Morgan fingerprint density at radius 3 is 2.27 bits per heavy atom. The third-order valence-electron chi connectivity index (χ3n) is 4.10. The van der Waals surface area contributed by atoms with Crippen molar-refractivity contribution < 1.29 is 23.9 Å². The first kappa shape index (κ1) is 19.4. The minimum absolute atomic E-state index is 0.0904. The van der Waals surface area contributed by atoms with Crippen LogP contribution >= 0.6 is 0 Å². The van der Waals surface area contributed by atoms with Gasteiger partial charge in [-0.25, -0.2) is 4.79 Å². The van der Waals surface area contributed by atoms with E-state index in [1.807, 2.05) is 32.9 Å². The van der Waals surface area contributed by atoms with Gasteiger partial charge >= 0.3 is 5.97 Å². The quantitative estimate of drug-likeness (QED) is 0.561. The number of Topliss-reactive ketones (excluding diaryl/α,β-unsaturated/α-hetero) is 2. The summed E-state index contributed by atoms with van der Waals surface area (Å²) in [7, 11) is 0. The van der Waals surface area contributed by atoms with Gasteiger partial charge in [-0.1, -0.05) is 18.2 Å². The van der Waals surface area contributed by atoms with Gasteiger partial charge in [0, 0.05) is 11.1 Å². The van der Waals surface area contributed by atoms with Crippen LogP contribution in [0.5, 0.6) is 5.75 Å². The SMILES string of the molecule is CC(=O)c1cccc(OCC(=O)OCC(=O)c2cc(C)c(C)cc2C)c1. The number of carbonyl (C=O) groups excluding carboxylic acids is 3. The fourth-order valence-electron chi connectivity index (χ4n) is 2.47. The van der Waals surface area contributed by atoms with Gasteiger partial charge in [-0.2, -0.15) is 0 Å². The third kappa shape index (κ3) is 5.02. The molecule has 26 heavy (non-hydrogen) atoms. The Balaban J connectivity index is 1.89. The van der Waals surface area contributed by atoms with Crippen molar-refractivity contribution in [1.29, 1.82) is 0 Å². The van der Waals surface area contributed by atoms with Crippen molar-refractivity contribution in [3.63, 3.8) is 0 Å². The summed E-state index contributed by atoms with van der Waals surface area (Å²) in [6, 6.07) is 10.3. The summed E-state index contributed by atoms with van der Waals surface area (Å²) < 4.78 is 10.3. The maximum atomic E-state index is 12.3. The van der Waals surface area contributed by atoms with Crippen LogP contribution in [0.15, 0.2) is 36.4 Å². The molecule has 0 aromatic heterocycles. The van der Waals surface area contributed by atoms with E-state index < -0.39 is 5.97 Å². The van der Waals surface area contributed by atoms with E-state index in [-0.39, 0.29) is 24.8 Å². The first-order valence-electron chi connectivity index (χ1n) is 8.28. The first-order chi connectivity index (χ1) is 12.3. The largest absolute Gasteiger partial charge is 0.482 e. The highest BCUT2D eigenvalue weighted by atomic mass is 16.6. The summed E-state index contributed by atoms with van der Waals surface area (Å²) in [4.78, 5) is 35.4. The fourth-order valence-corrected chi connectivity index (χ4v) is 2.47. The number of ketones is 2. The molecular weight excluding hydrogens is 332 g/mol. The molecular formula is C21H22O5. The smallest absolute Gasteiger partial charge is 0.344 e. The summed E-state index contributed by atoms with van der Waals surface area (Å²) in [5.74, 6) is -0.594. The van der Waals surface area contributed by atoms with Crippen molar-refractivity contribution >= 4 is 17.5 Å². The molecule has 0 saturated heterocycles. The van der Waals surface area contributed by atoms with E-state index in [0.29, 0.717) is 16.9 Å². The Hall–Kier alpha value is -2.95. The molecule has 2 aromatic rings. The zero-order valence-electron chi connectivity index (χ0n) is 15.4. The number of ether oxygens (including phenoxy) is 2. The van der Waals surface area contributed by atoms with E-state index in [1.165, 1.54) is 6.92 Å². The van der Waals surface area contributed by atoms with Crippen molar-refractivity contribution in [2.24, 2.45) is 0 Å². The number of esters is 1. The zero-order chi connectivity index (χ0) is 19.3. The molecule has 0 aliphatic carbocycles. The standard InChI is InChI=1S/C21H22O5/c1-13-8-15(3)19(9-14(13)2)20(23)11-26-21(24)12-25-18-7-5-6-17(10-18)16(4)22/h5-10H,11-12H2,1-4H3. The van der Waals surface area contributed by atoms with Crippen LogP contribution in [0.25, 0.3) is 0 Å². The lowest BCUT2D eigenvalue weighted by Crippen LogP contribution is -2.20. The molecule has 0 N–H and O–H groups in total. The van der Waals surface area contributed by atoms with Crippen molar-refractivity contribution in [2.75, 3.05) is 13.2 Å². The molecule has 0 unspecified atom stereocenters. The topological polar surface area (TPSA) is 69.7 Å². The second kappa shape index (κ2) is 8.43. The molecule has 0 bridgehead atoms. The van der Waals surface area contributed by atoms with Gasteiger partial charge in [0.25, 0.3) is 0 Å². The predicted octanol–water partition coefficient (Wildman–Crippen LogP) is 3.62. The fraction of sp³-hybridized carbons (Fsp3) is 0.286. The van der Waals surface area contributed by atoms with Crippen LogP contribution in [0.3, 0.4) is 0 Å². The highest BCUT2D eigenvalue weighted by Crippen LogP contribution is 2.16. The summed E-state index contributed by atoms with van der Waals surface area (Å²) in [5, 5.41) is 0. The molecule has 5 heteroatoms. The minimum atomic E-state index is -0.645. The monoisotopic (exact) mass is 354 g/mol. The number of benzene rings is 2. The van der Waals surface area contributed by atoms with E-state index in [1.54, 1.807) is 24.3 Å². The summed E-state index contributed by atoms with van der Waals surface area (Å²) in [6.07, 6.45) is 0. The van der Waals surface area contributed by atoms with Crippen molar-refractivity contribution in [2.45, 2.75) is 27.7 Å². The molecule has 136 valence electrons. The Morgan fingerprint density at radius 1 is 0.885 bits per heavy atom. The maximum absolute atomic E-state index is 12.3. The average molecular weight is 354 g/mol. The van der Waals surface area contributed by atoms with Crippen LogP contribution in [0.2, 0.25) is 0 Å². The molecule has 2 rings (SSSR count). The molecule has 0 spiro atoms. The van der Waals surface area contributed by atoms with E-state index in [9.17, 15) is 14.4 Å². The van der Waals surface area contributed by atoms with Gasteiger partial charge < -0.3 is 9.47 Å².